The SMILES string of the molecule is COc1ccc2nc(CCl)n(-c3cc(F)ccc3F)c2n1. The molecule has 0 spiro atoms. The normalized spacial score (nSPS) is 11.0. The highest BCUT2D eigenvalue weighted by Gasteiger charge is 2.17. The van der Waals surface area contributed by atoms with Crippen molar-refractivity contribution >= 4 is 22.8 Å². The molecule has 0 atom stereocenters. The number of fused-ring (bicyclic) bond motifs is 1. The molecule has 7 heteroatoms. The molecule has 1 aromatic carbocycles. The molecule has 2 heterocycles. The van der Waals surface area contributed by atoms with Crippen molar-refractivity contribution in [3.05, 3.63) is 47.8 Å². The van der Waals surface area contributed by atoms with Crippen molar-refractivity contribution in [2.45, 2.75) is 5.88 Å². The molecule has 0 N–H and O–H groups in total. The first-order valence-electron chi connectivity index (χ1n) is 6.08. The Labute approximate surface area is 124 Å². The van der Waals surface area contributed by atoms with Crippen molar-refractivity contribution in [2.24, 2.45) is 0 Å². The number of methoxy groups -OCH3 is 1. The first kappa shape index (κ1) is 13.8. The Kier molecular flexibility index (Phi) is 3.47. The zero-order valence-electron chi connectivity index (χ0n) is 11.0. The van der Waals surface area contributed by atoms with E-state index < -0.39 is 11.6 Å². The van der Waals surface area contributed by atoms with Crippen LogP contribution in [0.15, 0.2) is 30.3 Å². The number of hydrogen-bond donors (Lipinski definition) is 0. The van der Waals surface area contributed by atoms with Crippen LogP contribution in [-0.2, 0) is 5.88 Å². The number of aromatic nitrogens is 3. The molecule has 4 nitrogen and oxygen atoms in total. The van der Waals surface area contributed by atoms with E-state index in [2.05, 4.69) is 9.97 Å². The van der Waals surface area contributed by atoms with Gasteiger partial charge in [0.25, 0.3) is 0 Å². The van der Waals surface area contributed by atoms with Gasteiger partial charge in [-0.25, -0.2) is 13.8 Å². The van der Waals surface area contributed by atoms with E-state index >= 15 is 0 Å². The summed E-state index contributed by atoms with van der Waals surface area (Å²) in [6.45, 7) is 0. The lowest BCUT2D eigenvalue weighted by molar-refractivity contribution is 0.399. The largest absolute Gasteiger partial charge is 0.481 e. The van der Waals surface area contributed by atoms with E-state index in [0.29, 0.717) is 22.9 Å². The monoisotopic (exact) mass is 309 g/mol. The molecule has 0 saturated carbocycles. The summed E-state index contributed by atoms with van der Waals surface area (Å²) in [5.41, 5.74) is 0.888. The third kappa shape index (κ3) is 2.31. The predicted octanol–water partition coefficient (Wildman–Crippen LogP) is 3.45. The van der Waals surface area contributed by atoms with Gasteiger partial charge >= 0.3 is 0 Å². The molecular weight excluding hydrogens is 300 g/mol. The van der Waals surface area contributed by atoms with E-state index in [1.807, 2.05) is 0 Å². The van der Waals surface area contributed by atoms with Crippen LogP contribution in [0.3, 0.4) is 0 Å². The number of pyridine rings is 1. The summed E-state index contributed by atoms with van der Waals surface area (Å²) < 4.78 is 33.9. The molecule has 0 saturated heterocycles. The molecule has 0 unspecified atom stereocenters. The average molecular weight is 310 g/mol. The first-order valence-corrected chi connectivity index (χ1v) is 6.61. The lowest BCUT2D eigenvalue weighted by Crippen LogP contribution is -2.04. The van der Waals surface area contributed by atoms with Crippen LogP contribution in [0.5, 0.6) is 5.88 Å². The van der Waals surface area contributed by atoms with Gasteiger partial charge in [0.15, 0.2) is 5.65 Å². The van der Waals surface area contributed by atoms with E-state index in [4.69, 9.17) is 16.3 Å². The lowest BCUT2D eigenvalue weighted by atomic mass is 10.3. The predicted molar refractivity (Wildman–Crippen MR) is 74.9 cm³/mol. The van der Waals surface area contributed by atoms with Crippen molar-refractivity contribution in [1.82, 2.24) is 14.5 Å². The Bertz CT molecular complexity index is 819. The van der Waals surface area contributed by atoms with Gasteiger partial charge in [0.05, 0.1) is 18.7 Å². The third-order valence-corrected chi connectivity index (χ3v) is 3.27. The van der Waals surface area contributed by atoms with Crippen molar-refractivity contribution in [1.29, 1.82) is 0 Å². The summed E-state index contributed by atoms with van der Waals surface area (Å²) in [5, 5.41) is 0. The van der Waals surface area contributed by atoms with Crippen LogP contribution in [0, 0.1) is 11.6 Å². The number of rotatable bonds is 3. The second-order valence-corrected chi connectivity index (χ2v) is 4.56. The molecule has 3 aromatic rings. The van der Waals surface area contributed by atoms with Gasteiger partial charge in [0.2, 0.25) is 5.88 Å². The lowest BCUT2D eigenvalue weighted by Gasteiger charge is -2.09. The number of halogens is 3. The molecule has 0 radical (unpaired) electrons. The maximum absolute atomic E-state index is 14.0. The molecule has 0 fully saturated rings. The highest BCUT2D eigenvalue weighted by atomic mass is 35.5. The van der Waals surface area contributed by atoms with E-state index in [9.17, 15) is 8.78 Å². The maximum atomic E-state index is 14.0. The van der Waals surface area contributed by atoms with Gasteiger partial charge in [-0.05, 0) is 18.2 Å². The molecule has 3 rings (SSSR count). The van der Waals surface area contributed by atoms with Crippen LogP contribution in [-0.4, -0.2) is 21.6 Å². The van der Waals surface area contributed by atoms with Crippen molar-refractivity contribution in [3.8, 4) is 11.6 Å². The Hall–Kier alpha value is -2.21. The summed E-state index contributed by atoms with van der Waals surface area (Å²) in [7, 11) is 1.47. The molecule has 0 bridgehead atoms. The molecule has 0 amide bonds. The molecule has 2 aromatic heterocycles. The number of nitrogens with zero attached hydrogens (tertiary/aromatic N) is 3. The fourth-order valence-electron chi connectivity index (χ4n) is 2.10. The fraction of sp³-hybridized carbons (Fsp3) is 0.143. The highest BCUT2D eigenvalue weighted by molar-refractivity contribution is 6.16. The summed E-state index contributed by atoms with van der Waals surface area (Å²) in [5.74, 6) is -0.392. The van der Waals surface area contributed by atoms with Gasteiger partial charge in [0.1, 0.15) is 23.0 Å². The van der Waals surface area contributed by atoms with E-state index in [1.165, 1.54) is 11.7 Å². The number of alkyl halides is 1. The quantitative estimate of drug-likeness (QED) is 0.696. The summed E-state index contributed by atoms with van der Waals surface area (Å²) in [6.07, 6.45) is 0. The summed E-state index contributed by atoms with van der Waals surface area (Å²) >= 11 is 5.86. The Balaban J connectivity index is 2.36. The molecule has 0 aliphatic heterocycles. The molecule has 21 heavy (non-hydrogen) atoms. The Morgan fingerprint density at radius 3 is 2.71 bits per heavy atom. The average Bonchev–Trinajstić information content (AvgIpc) is 2.87. The second kappa shape index (κ2) is 5.29. The van der Waals surface area contributed by atoms with Gasteiger partial charge in [-0.1, -0.05) is 0 Å². The fourth-order valence-corrected chi connectivity index (χ4v) is 2.28. The Morgan fingerprint density at radius 1 is 1.19 bits per heavy atom. The number of ether oxygens (including phenoxy) is 1. The van der Waals surface area contributed by atoms with Crippen LogP contribution in [0.4, 0.5) is 8.78 Å². The molecular formula is C14H10ClF2N3O. The van der Waals surface area contributed by atoms with E-state index in [0.717, 1.165) is 18.2 Å². The minimum Gasteiger partial charge on any atom is -0.481 e. The van der Waals surface area contributed by atoms with Gasteiger partial charge in [-0.2, -0.15) is 4.98 Å². The van der Waals surface area contributed by atoms with Crippen molar-refractivity contribution < 1.29 is 13.5 Å². The van der Waals surface area contributed by atoms with Gasteiger partial charge in [-0.15, -0.1) is 11.6 Å². The van der Waals surface area contributed by atoms with Crippen LogP contribution in [0.25, 0.3) is 16.9 Å². The van der Waals surface area contributed by atoms with Crippen LogP contribution in [0.2, 0.25) is 0 Å². The third-order valence-electron chi connectivity index (χ3n) is 3.03. The first-order chi connectivity index (χ1) is 10.1. The van der Waals surface area contributed by atoms with Crippen LogP contribution < -0.4 is 4.74 Å². The van der Waals surface area contributed by atoms with Gasteiger partial charge < -0.3 is 4.74 Å². The zero-order valence-corrected chi connectivity index (χ0v) is 11.7. The van der Waals surface area contributed by atoms with Gasteiger partial charge in [0, 0.05) is 12.1 Å². The van der Waals surface area contributed by atoms with E-state index in [-0.39, 0.29) is 11.6 Å². The van der Waals surface area contributed by atoms with Crippen molar-refractivity contribution in [3.63, 3.8) is 0 Å². The topological polar surface area (TPSA) is 39.9 Å². The number of imidazole rings is 1. The van der Waals surface area contributed by atoms with Gasteiger partial charge in [-0.3, -0.25) is 4.57 Å². The molecule has 0 aliphatic carbocycles. The summed E-state index contributed by atoms with van der Waals surface area (Å²) in [4.78, 5) is 8.52. The smallest absolute Gasteiger partial charge is 0.215 e. The van der Waals surface area contributed by atoms with E-state index in [1.54, 1.807) is 12.1 Å². The second-order valence-electron chi connectivity index (χ2n) is 4.29. The zero-order chi connectivity index (χ0) is 15.0. The number of hydrogen-bond acceptors (Lipinski definition) is 3. The Morgan fingerprint density at radius 2 is 2.00 bits per heavy atom. The maximum Gasteiger partial charge on any atom is 0.215 e. The highest BCUT2D eigenvalue weighted by Crippen LogP contribution is 2.25. The van der Waals surface area contributed by atoms with Crippen LogP contribution >= 0.6 is 11.6 Å². The summed E-state index contributed by atoms with van der Waals surface area (Å²) in [6, 6.07) is 6.50. The molecule has 0 aliphatic rings. The molecule has 108 valence electrons. The number of benzene rings is 1. The minimum atomic E-state index is -0.591. The standard InChI is InChI=1S/C14H10ClF2N3O/c1-21-13-5-4-10-14(19-13)20(12(7-15)18-10)11-6-8(16)2-3-9(11)17/h2-6H,7H2,1H3. The van der Waals surface area contributed by atoms with Crippen molar-refractivity contribution in [2.75, 3.05) is 7.11 Å². The van der Waals surface area contributed by atoms with Crippen LogP contribution in [0.1, 0.15) is 5.82 Å². The minimum absolute atomic E-state index is 0.00824.